The lowest BCUT2D eigenvalue weighted by Gasteiger charge is -2.28. The standard InChI is InChI=1S/C14H19N3O3/c1-10-4-2-3-5-12(10)20-7-6-17-9-11(8-15)13(18)16-14(17)19/h9-10,12H,2-7H2,1H3,(H,16,18,19). The number of ether oxygens (including phenoxy) is 1. The lowest BCUT2D eigenvalue weighted by molar-refractivity contribution is -0.00874. The van der Waals surface area contributed by atoms with Crippen LogP contribution in [0.25, 0.3) is 0 Å². The zero-order chi connectivity index (χ0) is 14.5. The van der Waals surface area contributed by atoms with Crippen molar-refractivity contribution in [3.05, 3.63) is 32.6 Å². The number of nitriles is 1. The molecule has 1 N–H and O–H groups in total. The molecule has 20 heavy (non-hydrogen) atoms. The van der Waals surface area contributed by atoms with E-state index in [1.165, 1.54) is 30.0 Å². The first kappa shape index (κ1) is 14.5. The summed E-state index contributed by atoms with van der Waals surface area (Å²) in [5, 5.41) is 8.78. The second kappa shape index (κ2) is 6.53. The maximum absolute atomic E-state index is 11.6. The van der Waals surface area contributed by atoms with E-state index in [0.717, 1.165) is 6.42 Å². The first-order valence-electron chi connectivity index (χ1n) is 6.97. The SMILES string of the molecule is CC1CCCCC1OCCn1cc(C#N)c(=O)[nH]c1=O. The van der Waals surface area contributed by atoms with Gasteiger partial charge >= 0.3 is 5.69 Å². The van der Waals surface area contributed by atoms with E-state index < -0.39 is 11.2 Å². The van der Waals surface area contributed by atoms with Crippen molar-refractivity contribution < 1.29 is 4.74 Å². The molecule has 6 nitrogen and oxygen atoms in total. The summed E-state index contributed by atoms with van der Waals surface area (Å²) in [5.41, 5.74) is -1.21. The van der Waals surface area contributed by atoms with Crippen LogP contribution in [0.5, 0.6) is 0 Å². The molecule has 2 unspecified atom stereocenters. The molecule has 1 aromatic rings. The highest BCUT2D eigenvalue weighted by atomic mass is 16.5. The molecule has 0 aromatic carbocycles. The van der Waals surface area contributed by atoms with Crippen LogP contribution >= 0.6 is 0 Å². The zero-order valence-electron chi connectivity index (χ0n) is 11.6. The minimum absolute atomic E-state index is 0.0596. The van der Waals surface area contributed by atoms with Gasteiger partial charge < -0.3 is 4.74 Å². The number of H-pyrrole nitrogens is 1. The van der Waals surface area contributed by atoms with Crippen molar-refractivity contribution in [1.82, 2.24) is 9.55 Å². The first-order valence-corrected chi connectivity index (χ1v) is 6.97. The Bertz CT molecular complexity index is 611. The molecular formula is C14H19N3O3. The molecule has 0 radical (unpaired) electrons. The Balaban J connectivity index is 1.96. The summed E-state index contributed by atoms with van der Waals surface area (Å²) < 4.78 is 7.14. The van der Waals surface area contributed by atoms with E-state index in [0.29, 0.717) is 19.1 Å². The zero-order valence-corrected chi connectivity index (χ0v) is 11.6. The topological polar surface area (TPSA) is 87.9 Å². The number of nitrogens with one attached hydrogen (secondary N) is 1. The summed E-state index contributed by atoms with van der Waals surface area (Å²) in [4.78, 5) is 25.0. The van der Waals surface area contributed by atoms with Gasteiger partial charge in [0.25, 0.3) is 5.56 Å². The number of aromatic amines is 1. The minimum Gasteiger partial charge on any atom is -0.376 e. The molecule has 0 spiro atoms. The maximum atomic E-state index is 11.6. The molecule has 1 aliphatic rings. The average Bonchev–Trinajstić information content (AvgIpc) is 2.43. The van der Waals surface area contributed by atoms with E-state index in [2.05, 4.69) is 11.9 Å². The number of hydrogen-bond donors (Lipinski definition) is 1. The Morgan fingerprint density at radius 3 is 2.90 bits per heavy atom. The number of rotatable bonds is 4. The molecule has 2 rings (SSSR count). The van der Waals surface area contributed by atoms with E-state index in [-0.39, 0.29) is 11.7 Å². The molecule has 1 fully saturated rings. The molecule has 2 atom stereocenters. The van der Waals surface area contributed by atoms with Crippen molar-refractivity contribution in [3.8, 4) is 6.07 Å². The summed E-state index contributed by atoms with van der Waals surface area (Å²) >= 11 is 0. The summed E-state index contributed by atoms with van der Waals surface area (Å²) in [5.74, 6) is 0.547. The minimum atomic E-state index is -0.643. The Labute approximate surface area is 117 Å². The van der Waals surface area contributed by atoms with Crippen LogP contribution in [0, 0.1) is 17.2 Å². The van der Waals surface area contributed by atoms with Gasteiger partial charge in [-0.1, -0.05) is 19.8 Å². The predicted octanol–water partition coefficient (Wildman–Crippen LogP) is 1.00. The second-order valence-electron chi connectivity index (χ2n) is 5.28. The molecule has 1 aromatic heterocycles. The third-order valence-corrected chi connectivity index (χ3v) is 3.83. The van der Waals surface area contributed by atoms with Gasteiger partial charge in [-0.15, -0.1) is 0 Å². The fourth-order valence-corrected chi connectivity index (χ4v) is 2.59. The van der Waals surface area contributed by atoms with Crippen LogP contribution in [0.2, 0.25) is 0 Å². The maximum Gasteiger partial charge on any atom is 0.328 e. The van der Waals surface area contributed by atoms with Crippen LogP contribution in [0.3, 0.4) is 0 Å². The third kappa shape index (κ3) is 3.36. The van der Waals surface area contributed by atoms with Gasteiger partial charge in [0.1, 0.15) is 11.6 Å². The quantitative estimate of drug-likeness (QED) is 0.889. The van der Waals surface area contributed by atoms with Gasteiger partial charge in [0.2, 0.25) is 0 Å². The number of aromatic nitrogens is 2. The summed E-state index contributed by atoms with van der Waals surface area (Å²) in [6.07, 6.45) is 6.22. The smallest absolute Gasteiger partial charge is 0.328 e. The van der Waals surface area contributed by atoms with Gasteiger partial charge in [0.15, 0.2) is 0 Å². The van der Waals surface area contributed by atoms with E-state index >= 15 is 0 Å². The molecule has 1 heterocycles. The number of nitrogens with zero attached hydrogens (tertiary/aromatic N) is 2. The predicted molar refractivity (Wildman–Crippen MR) is 73.4 cm³/mol. The van der Waals surface area contributed by atoms with Gasteiger partial charge in [0.05, 0.1) is 19.3 Å². The summed E-state index contributed by atoms with van der Waals surface area (Å²) in [6, 6.07) is 1.77. The van der Waals surface area contributed by atoms with Crippen LogP contribution in [0.1, 0.15) is 38.2 Å². The summed E-state index contributed by atoms with van der Waals surface area (Å²) in [7, 11) is 0. The Kier molecular flexibility index (Phi) is 4.74. The van der Waals surface area contributed by atoms with Gasteiger partial charge in [-0.05, 0) is 18.8 Å². The normalized spacial score (nSPS) is 22.4. The molecule has 1 saturated carbocycles. The average molecular weight is 277 g/mol. The molecule has 1 aliphatic carbocycles. The van der Waals surface area contributed by atoms with Gasteiger partial charge in [-0.25, -0.2) is 4.79 Å². The van der Waals surface area contributed by atoms with E-state index in [1.54, 1.807) is 6.07 Å². The fourth-order valence-electron chi connectivity index (χ4n) is 2.59. The molecule has 0 aliphatic heterocycles. The third-order valence-electron chi connectivity index (χ3n) is 3.83. The lowest BCUT2D eigenvalue weighted by atomic mass is 9.88. The van der Waals surface area contributed by atoms with Crippen molar-refractivity contribution in [2.75, 3.05) is 6.61 Å². The van der Waals surface area contributed by atoms with Crippen molar-refractivity contribution in [3.63, 3.8) is 0 Å². The van der Waals surface area contributed by atoms with Gasteiger partial charge in [-0.2, -0.15) is 5.26 Å². The van der Waals surface area contributed by atoms with E-state index in [9.17, 15) is 9.59 Å². The van der Waals surface area contributed by atoms with Crippen molar-refractivity contribution in [1.29, 1.82) is 5.26 Å². The van der Waals surface area contributed by atoms with E-state index in [4.69, 9.17) is 10.00 Å². The largest absolute Gasteiger partial charge is 0.376 e. The molecule has 0 amide bonds. The lowest BCUT2D eigenvalue weighted by Crippen LogP contribution is -2.33. The van der Waals surface area contributed by atoms with Gasteiger partial charge in [0, 0.05) is 6.20 Å². The Morgan fingerprint density at radius 2 is 2.20 bits per heavy atom. The van der Waals surface area contributed by atoms with Crippen LogP contribution in [0.4, 0.5) is 0 Å². The monoisotopic (exact) mass is 277 g/mol. The number of hydrogen-bond acceptors (Lipinski definition) is 4. The van der Waals surface area contributed by atoms with Crippen LogP contribution in [0.15, 0.2) is 15.8 Å². The molecule has 6 heteroatoms. The molecule has 0 saturated heterocycles. The molecule has 0 bridgehead atoms. The molecule has 108 valence electrons. The Morgan fingerprint density at radius 1 is 1.45 bits per heavy atom. The molecular weight excluding hydrogens is 258 g/mol. The van der Waals surface area contributed by atoms with E-state index in [1.807, 2.05) is 0 Å². The Hall–Kier alpha value is -1.87. The highest BCUT2D eigenvalue weighted by Crippen LogP contribution is 2.26. The second-order valence-corrected chi connectivity index (χ2v) is 5.28. The van der Waals surface area contributed by atoms with Gasteiger partial charge in [-0.3, -0.25) is 14.3 Å². The van der Waals surface area contributed by atoms with Crippen LogP contribution < -0.4 is 11.2 Å². The summed E-state index contributed by atoms with van der Waals surface area (Å²) in [6.45, 7) is 2.93. The van der Waals surface area contributed by atoms with Crippen LogP contribution in [-0.4, -0.2) is 22.3 Å². The van der Waals surface area contributed by atoms with Crippen molar-refractivity contribution in [2.45, 2.75) is 45.3 Å². The van der Waals surface area contributed by atoms with Crippen molar-refractivity contribution >= 4 is 0 Å². The highest BCUT2D eigenvalue weighted by Gasteiger charge is 2.21. The van der Waals surface area contributed by atoms with Crippen molar-refractivity contribution in [2.24, 2.45) is 5.92 Å². The fraction of sp³-hybridized carbons (Fsp3) is 0.643. The first-order chi connectivity index (χ1) is 9.61. The highest BCUT2D eigenvalue weighted by molar-refractivity contribution is 5.21. The van der Waals surface area contributed by atoms with Crippen LogP contribution in [-0.2, 0) is 11.3 Å².